The van der Waals surface area contributed by atoms with E-state index >= 15 is 0 Å². The van der Waals surface area contributed by atoms with Crippen molar-refractivity contribution in [1.82, 2.24) is 24.8 Å². The summed E-state index contributed by atoms with van der Waals surface area (Å²) in [5.41, 5.74) is 0.832. The first-order chi connectivity index (χ1) is 13.7. The highest BCUT2D eigenvalue weighted by Gasteiger charge is 2.54. The SMILES string of the molecule is O=CCN1CCC(C(=O)N2CCN(c3ncnc4[nH]ccc34)CC23CC3)CC1. The number of carbonyl (C=O) groups excluding carboxylic acids is 2. The van der Waals surface area contributed by atoms with Crippen LogP contribution in [-0.4, -0.2) is 81.8 Å². The van der Waals surface area contributed by atoms with Gasteiger partial charge >= 0.3 is 0 Å². The Hall–Kier alpha value is -2.48. The number of fused-ring (bicyclic) bond motifs is 1. The Balaban J connectivity index is 1.29. The molecule has 4 heterocycles. The number of nitrogens with zero attached hydrogens (tertiary/aromatic N) is 5. The highest BCUT2D eigenvalue weighted by Crippen LogP contribution is 2.46. The number of amides is 1. The predicted octanol–water partition coefficient (Wildman–Crippen LogP) is 1.05. The van der Waals surface area contributed by atoms with Gasteiger partial charge < -0.3 is 19.6 Å². The van der Waals surface area contributed by atoms with Crippen LogP contribution in [0.2, 0.25) is 0 Å². The zero-order valence-corrected chi connectivity index (χ0v) is 16.0. The molecule has 2 saturated heterocycles. The number of piperidine rings is 1. The summed E-state index contributed by atoms with van der Waals surface area (Å²) in [6, 6.07) is 2.02. The number of aromatic amines is 1. The zero-order valence-electron chi connectivity index (χ0n) is 16.0. The van der Waals surface area contributed by atoms with Crippen LogP contribution in [0.1, 0.15) is 25.7 Å². The maximum atomic E-state index is 13.3. The Morgan fingerprint density at radius 2 is 2.04 bits per heavy atom. The van der Waals surface area contributed by atoms with Crippen molar-refractivity contribution in [2.45, 2.75) is 31.2 Å². The van der Waals surface area contributed by atoms with Gasteiger partial charge in [-0.05, 0) is 44.8 Å². The van der Waals surface area contributed by atoms with E-state index in [4.69, 9.17) is 0 Å². The molecule has 3 fully saturated rings. The summed E-state index contributed by atoms with van der Waals surface area (Å²) in [5, 5.41) is 1.04. The van der Waals surface area contributed by atoms with Crippen LogP contribution in [0.3, 0.4) is 0 Å². The number of likely N-dealkylation sites (tertiary alicyclic amines) is 1. The maximum Gasteiger partial charge on any atom is 0.226 e. The molecule has 8 heteroatoms. The molecular formula is C20H26N6O2. The lowest BCUT2D eigenvalue weighted by molar-refractivity contribution is -0.140. The number of hydrogen-bond acceptors (Lipinski definition) is 6. The van der Waals surface area contributed by atoms with Crippen LogP contribution in [0.4, 0.5) is 5.82 Å². The van der Waals surface area contributed by atoms with Crippen LogP contribution >= 0.6 is 0 Å². The van der Waals surface area contributed by atoms with E-state index in [0.717, 1.165) is 81.5 Å². The Morgan fingerprint density at radius 1 is 1.21 bits per heavy atom. The van der Waals surface area contributed by atoms with E-state index in [9.17, 15) is 9.59 Å². The largest absolute Gasteiger partial charge is 0.352 e. The standard InChI is InChI=1S/C20H26N6O2/c27-12-11-24-7-2-15(3-8-24)19(28)26-10-9-25(13-20(26)4-5-20)18-16-1-6-21-17(16)22-14-23-18/h1,6,12,14-15H,2-5,7-11,13H2,(H,21,22,23). The minimum Gasteiger partial charge on any atom is -0.352 e. The first-order valence-electron chi connectivity index (χ1n) is 10.2. The second-order valence-electron chi connectivity index (χ2n) is 8.31. The van der Waals surface area contributed by atoms with Gasteiger partial charge in [-0.1, -0.05) is 0 Å². The van der Waals surface area contributed by atoms with E-state index in [1.807, 2.05) is 12.3 Å². The highest BCUT2D eigenvalue weighted by atomic mass is 16.2. The molecule has 1 saturated carbocycles. The normalized spacial score (nSPS) is 22.7. The number of carbonyl (C=O) groups is 2. The van der Waals surface area contributed by atoms with E-state index in [2.05, 4.69) is 29.7 Å². The minimum atomic E-state index is -0.0250. The van der Waals surface area contributed by atoms with Crippen LogP contribution in [0.5, 0.6) is 0 Å². The molecule has 1 N–H and O–H groups in total. The van der Waals surface area contributed by atoms with Gasteiger partial charge in [-0.15, -0.1) is 0 Å². The monoisotopic (exact) mass is 382 g/mol. The van der Waals surface area contributed by atoms with Crippen molar-refractivity contribution in [2.75, 3.05) is 44.2 Å². The average molecular weight is 382 g/mol. The molecule has 1 spiro atoms. The first-order valence-corrected chi connectivity index (χ1v) is 10.2. The summed E-state index contributed by atoms with van der Waals surface area (Å²) in [6.07, 6.45) is 8.32. The molecule has 0 unspecified atom stereocenters. The fraction of sp³-hybridized carbons (Fsp3) is 0.600. The molecule has 2 aromatic heterocycles. The van der Waals surface area contributed by atoms with Gasteiger partial charge in [0.25, 0.3) is 0 Å². The molecule has 0 atom stereocenters. The number of hydrogen-bond donors (Lipinski definition) is 1. The number of nitrogens with one attached hydrogen (secondary N) is 1. The van der Waals surface area contributed by atoms with E-state index < -0.39 is 0 Å². The summed E-state index contributed by atoms with van der Waals surface area (Å²) in [6.45, 7) is 4.57. The van der Waals surface area contributed by atoms with Gasteiger partial charge in [-0.25, -0.2) is 9.97 Å². The van der Waals surface area contributed by atoms with Gasteiger partial charge in [0.05, 0.1) is 17.5 Å². The highest BCUT2D eigenvalue weighted by molar-refractivity contribution is 5.88. The second-order valence-corrected chi connectivity index (χ2v) is 8.31. The van der Waals surface area contributed by atoms with Crippen LogP contribution in [0.15, 0.2) is 18.6 Å². The average Bonchev–Trinajstić information content (AvgIpc) is 3.30. The number of anilines is 1. The van der Waals surface area contributed by atoms with Gasteiger partial charge in [-0.3, -0.25) is 9.69 Å². The smallest absolute Gasteiger partial charge is 0.226 e. The van der Waals surface area contributed by atoms with Gasteiger partial charge in [-0.2, -0.15) is 0 Å². The molecule has 0 bridgehead atoms. The van der Waals surface area contributed by atoms with E-state index in [0.29, 0.717) is 12.5 Å². The molecule has 28 heavy (non-hydrogen) atoms. The van der Waals surface area contributed by atoms with Gasteiger partial charge in [0.1, 0.15) is 24.1 Å². The van der Waals surface area contributed by atoms with Crippen molar-refractivity contribution in [3.05, 3.63) is 18.6 Å². The summed E-state index contributed by atoms with van der Waals surface area (Å²) >= 11 is 0. The van der Waals surface area contributed by atoms with Crippen molar-refractivity contribution >= 4 is 29.0 Å². The fourth-order valence-corrected chi connectivity index (χ4v) is 4.87. The van der Waals surface area contributed by atoms with Crippen molar-refractivity contribution in [2.24, 2.45) is 5.92 Å². The van der Waals surface area contributed by atoms with Crippen molar-refractivity contribution in [3.63, 3.8) is 0 Å². The minimum absolute atomic E-state index is 0.0250. The summed E-state index contributed by atoms with van der Waals surface area (Å²) in [5.74, 6) is 1.38. The Labute approximate surface area is 163 Å². The summed E-state index contributed by atoms with van der Waals surface area (Å²) in [7, 11) is 0. The Kier molecular flexibility index (Phi) is 4.30. The Bertz CT molecular complexity index is 884. The topological polar surface area (TPSA) is 85.4 Å². The lowest BCUT2D eigenvalue weighted by Crippen LogP contribution is -2.59. The van der Waals surface area contributed by atoms with Crippen LogP contribution < -0.4 is 4.90 Å². The molecule has 1 amide bonds. The van der Waals surface area contributed by atoms with E-state index in [1.165, 1.54) is 0 Å². The third kappa shape index (κ3) is 2.96. The molecule has 148 valence electrons. The lowest BCUT2D eigenvalue weighted by Gasteiger charge is -2.45. The third-order valence-electron chi connectivity index (χ3n) is 6.65. The van der Waals surface area contributed by atoms with Crippen LogP contribution in [0.25, 0.3) is 11.0 Å². The molecule has 1 aliphatic carbocycles. The number of piperazine rings is 1. The molecule has 2 aliphatic heterocycles. The van der Waals surface area contributed by atoms with Gasteiger partial charge in [0.15, 0.2) is 0 Å². The number of rotatable bonds is 4. The molecule has 0 radical (unpaired) electrons. The fourth-order valence-electron chi connectivity index (χ4n) is 4.87. The molecule has 8 nitrogen and oxygen atoms in total. The van der Waals surface area contributed by atoms with Crippen molar-refractivity contribution < 1.29 is 9.59 Å². The van der Waals surface area contributed by atoms with Crippen LogP contribution in [0, 0.1) is 5.92 Å². The third-order valence-corrected chi connectivity index (χ3v) is 6.65. The first kappa shape index (κ1) is 17.6. The molecule has 0 aromatic carbocycles. The molecule has 3 aliphatic rings. The number of aromatic nitrogens is 3. The van der Waals surface area contributed by atoms with Crippen molar-refractivity contribution in [3.8, 4) is 0 Å². The van der Waals surface area contributed by atoms with Gasteiger partial charge in [0.2, 0.25) is 5.91 Å². The number of aldehydes is 1. The molecular weight excluding hydrogens is 356 g/mol. The van der Waals surface area contributed by atoms with E-state index in [1.54, 1.807) is 6.33 Å². The predicted molar refractivity (Wildman–Crippen MR) is 105 cm³/mol. The summed E-state index contributed by atoms with van der Waals surface area (Å²) < 4.78 is 0. The number of H-pyrrole nitrogens is 1. The summed E-state index contributed by atoms with van der Waals surface area (Å²) in [4.78, 5) is 42.6. The maximum absolute atomic E-state index is 13.3. The molecule has 5 rings (SSSR count). The van der Waals surface area contributed by atoms with Crippen LogP contribution in [-0.2, 0) is 9.59 Å². The van der Waals surface area contributed by atoms with E-state index in [-0.39, 0.29) is 11.5 Å². The lowest BCUT2D eigenvalue weighted by atomic mass is 9.93. The zero-order chi connectivity index (χ0) is 19.1. The second kappa shape index (κ2) is 6.84. The van der Waals surface area contributed by atoms with Crippen molar-refractivity contribution in [1.29, 1.82) is 0 Å². The van der Waals surface area contributed by atoms with Gasteiger partial charge in [0, 0.05) is 31.7 Å². The Morgan fingerprint density at radius 3 is 2.79 bits per heavy atom. The molecule has 2 aromatic rings. The quantitative estimate of drug-likeness (QED) is 0.796.